The van der Waals surface area contributed by atoms with Gasteiger partial charge in [-0.2, -0.15) is 0 Å². The minimum atomic E-state index is -3.85. The number of benzene rings is 1. The van der Waals surface area contributed by atoms with Crippen molar-refractivity contribution in [1.29, 1.82) is 0 Å². The number of anilines is 1. The second-order valence-electron chi connectivity index (χ2n) is 4.07. The van der Waals surface area contributed by atoms with Crippen LogP contribution in [0.2, 0.25) is 0 Å². The second kappa shape index (κ2) is 6.35. The minimum Gasteiger partial charge on any atom is -0.481 e. The number of amides is 2. The van der Waals surface area contributed by atoms with Gasteiger partial charge in [-0.05, 0) is 18.2 Å². The van der Waals surface area contributed by atoms with Crippen molar-refractivity contribution in [1.82, 2.24) is 4.90 Å². The van der Waals surface area contributed by atoms with Gasteiger partial charge in [-0.1, -0.05) is 6.07 Å². The maximum absolute atomic E-state index is 11.7. The average molecular weight is 301 g/mol. The summed E-state index contributed by atoms with van der Waals surface area (Å²) in [4.78, 5) is 23.2. The van der Waals surface area contributed by atoms with Crippen LogP contribution in [0.4, 0.5) is 10.5 Å². The summed E-state index contributed by atoms with van der Waals surface area (Å²) in [7, 11) is -2.41. The van der Waals surface area contributed by atoms with Gasteiger partial charge in [-0.15, -0.1) is 0 Å². The molecule has 0 radical (unpaired) electrons. The lowest BCUT2D eigenvalue weighted by molar-refractivity contribution is -0.137. The molecule has 0 aliphatic heterocycles. The molecule has 0 saturated carbocycles. The van der Waals surface area contributed by atoms with Gasteiger partial charge in [0, 0.05) is 19.3 Å². The smallest absolute Gasteiger partial charge is 0.321 e. The molecule has 0 heterocycles. The zero-order chi connectivity index (χ0) is 15.3. The summed E-state index contributed by atoms with van der Waals surface area (Å²) in [5, 5.41) is 16.0. The number of hydrogen-bond donors (Lipinski definition) is 3. The van der Waals surface area contributed by atoms with Crippen LogP contribution in [-0.4, -0.2) is 44.0 Å². The largest absolute Gasteiger partial charge is 0.481 e. The van der Waals surface area contributed by atoms with Gasteiger partial charge in [0.15, 0.2) is 0 Å². The number of carbonyl (C=O) groups excluding carboxylic acids is 1. The van der Waals surface area contributed by atoms with Gasteiger partial charge in [0.1, 0.15) is 0 Å². The Hall–Kier alpha value is -2.13. The van der Waals surface area contributed by atoms with E-state index in [0.29, 0.717) is 0 Å². The van der Waals surface area contributed by atoms with Crippen LogP contribution in [0.1, 0.15) is 6.42 Å². The Morgan fingerprint density at radius 3 is 2.60 bits per heavy atom. The first-order valence-electron chi connectivity index (χ1n) is 5.57. The molecule has 1 aromatic rings. The van der Waals surface area contributed by atoms with Crippen molar-refractivity contribution in [2.75, 3.05) is 18.9 Å². The molecule has 4 N–H and O–H groups in total. The van der Waals surface area contributed by atoms with Gasteiger partial charge < -0.3 is 15.3 Å². The number of carbonyl (C=O) groups is 2. The van der Waals surface area contributed by atoms with Crippen molar-refractivity contribution in [3.05, 3.63) is 24.3 Å². The SMILES string of the molecule is CN(CCC(=O)O)C(=O)Nc1cccc(S(N)(=O)=O)c1. The molecule has 0 unspecified atom stereocenters. The molecule has 0 atom stereocenters. The number of nitrogens with zero attached hydrogens (tertiary/aromatic N) is 1. The first-order valence-corrected chi connectivity index (χ1v) is 7.11. The highest BCUT2D eigenvalue weighted by atomic mass is 32.2. The standard InChI is InChI=1S/C11H15N3O5S/c1-14(6-5-10(15)16)11(17)13-8-3-2-4-9(7-8)20(12,18)19/h2-4,7H,5-6H2,1H3,(H,13,17)(H,15,16)(H2,12,18,19). The monoisotopic (exact) mass is 301 g/mol. The molecule has 8 nitrogen and oxygen atoms in total. The van der Waals surface area contributed by atoms with Crippen molar-refractivity contribution < 1.29 is 23.1 Å². The molecule has 0 aromatic heterocycles. The zero-order valence-electron chi connectivity index (χ0n) is 10.7. The van der Waals surface area contributed by atoms with E-state index in [-0.39, 0.29) is 23.5 Å². The fourth-order valence-electron chi connectivity index (χ4n) is 1.33. The van der Waals surface area contributed by atoms with E-state index in [4.69, 9.17) is 10.2 Å². The lowest BCUT2D eigenvalue weighted by atomic mass is 10.3. The van der Waals surface area contributed by atoms with Crippen LogP contribution < -0.4 is 10.5 Å². The summed E-state index contributed by atoms with van der Waals surface area (Å²) < 4.78 is 22.3. The van der Waals surface area contributed by atoms with E-state index < -0.39 is 22.0 Å². The summed E-state index contributed by atoms with van der Waals surface area (Å²) in [5.74, 6) is -1.01. The molecule has 20 heavy (non-hydrogen) atoms. The number of aliphatic carboxylic acids is 1. The lowest BCUT2D eigenvalue weighted by Crippen LogP contribution is -2.33. The Balaban J connectivity index is 2.73. The van der Waals surface area contributed by atoms with E-state index in [1.54, 1.807) is 0 Å². The highest BCUT2D eigenvalue weighted by molar-refractivity contribution is 7.89. The Morgan fingerprint density at radius 1 is 1.40 bits per heavy atom. The number of carboxylic acid groups (broad SMARTS) is 1. The summed E-state index contributed by atoms with van der Waals surface area (Å²) >= 11 is 0. The Morgan fingerprint density at radius 2 is 2.05 bits per heavy atom. The molecule has 0 bridgehead atoms. The second-order valence-corrected chi connectivity index (χ2v) is 5.63. The van der Waals surface area contributed by atoms with Gasteiger partial charge in [0.05, 0.1) is 11.3 Å². The van der Waals surface area contributed by atoms with E-state index >= 15 is 0 Å². The maximum atomic E-state index is 11.7. The number of hydrogen-bond acceptors (Lipinski definition) is 4. The van der Waals surface area contributed by atoms with Gasteiger partial charge >= 0.3 is 12.0 Å². The molecular weight excluding hydrogens is 286 g/mol. The van der Waals surface area contributed by atoms with Crippen LogP contribution in [0.15, 0.2) is 29.2 Å². The van der Waals surface area contributed by atoms with E-state index in [1.807, 2.05) is 0 Å². The third kappa shape index (κ3) is 4.86. The third-order valence-electron chi connectivity index (χ3n) is 2.42. The lowest BCUT2D eigenvalue weighted by Gasteiger charge is -2.17. The number of nitrogens with one attached hydrogen (secondary N) is 1. The Bertz CT molecular complexity index is 614. The third-order valence-corrected chi connectivity index (χ3v) is 3.33. The van der Waals surface area contributed by atoms with Gasteiger partial charge in [0.25, 0.3) is 0 Å². The van der Waals surface area contributed by atoms with E-state index in [9.17, 15) is 18.0 Å². The number of sulfonamides is 1. The van der Waals surface area contributed by atoms with Crippen molar-refractivity contribution in [2.24, 2.45) is 5.14 Å². The number of nitrogens with two attached hydrogens (primary N) is 1. The Kier molecular flexibility index (Phi) is 5.06. The van der Waals surface area contributed by atoms with Gasteiger partial charge in [0.2, 0.25) is 10.0 Å². The highest BCUT2D eigenvalue weighted by Crippen LogP contribution is 2.14. The van der Waals surface area contributed by atoms with E-state index in [1.165, 1.54) is 36.2 Å². The fraction of sp³-hybridized carbons (Fsp3) is 0.273. The van der Waals surface area contributed by atoms with Crippen LogP contribution in [0.25, 0.3) is 0 Å². The molecule has 0 aliphatic carbocycles. The predicted octanol–water partition coefficient (Wildman–Crippen LogP) is 0.272. The number of primary sulfonamides is 1. The summed E-state index contributed by atoms with van der Waals surface area (Å²) in [5.41, 5.74) is 0.253. The molecule has 0 aliphatic rings. The normalized spacial score (nSPS) is 10.9. The number of urea groups is 1. The average Bonchev–Trinajstić information content (AvgIpc) is 2.35. The maximum Gasteiger partial charge on any atom is 0.321 e. The molecule has 110 valence electrons. The Labute approximate surface area is 116 Å². The summed E-state index contributed by atoms with van der Waals surface area (Å²) in [6.45, 7) is 0.0377. The minimum absolute atomic E-state index is 0.0377. The van der Waals surface area contributed by atoms with E-state index in [2.05, 4.69) is 5.32 Å². The van der Waals surface area contributed by atoms with Crippen LogP contribution in [0, 0.1) is 0 Å². The summed E-state index contributed by atoms with van der Waals surface area (Å²) in [6.07, 6.45) is -0.179. The van der Waals surface area contributed by atoms with Gasteiger partial charge in [-0.3, -0.25) is 4.79 Å². The zero-order valence-corrected chi connectivity index (χ0v) is 11.6. The fourth-order valence-corrected chi connectivity index (χ4v) is 1.89. The van der Waals surface area contributed by atoms with Crippen LogP contribution in [0.5, 0.6) is 0 Å². The first kappa shape index (κ1) is 15.9. The molecule has 2 amide bonds. The van der Waals surface area contributed by atoms with Crippen LogP contribution >= 0.6 is 0 Å². The number of rotatable bonds is 5. The van der Waals surface area contributed by atoms with Crippen molar-refractivity contribution in [3.8, 4) is 0 Å². The first-order chi connectivity index (χ1) is 9.20. The van der Waals surface area contributed by atoms with Crippen LogP contribution in [-0.2, 0) is 14.8 Å². The van der Waals surface area contributed by atoms with E-state index in [0.717, 1.165) is 0 Å². The molecule has 0 spiro atoms. The highest BCUT2D eigenvalue weighted by Gasteiger charge is 2.12. The number of carboxylic acids is 1. The van der Waals surface area contributed by atoms with Gasteiger partial charge in [-0.25, -0.2) is 18.4 Å². The quantitative estimate of drug-likeness (QED) is 0.718. The molecular formula is C11H15N3O5S. The van der Waals surface area contributed by atoms with Crippen molar-refractivity contribution in [3.63, 3.8) is 0 Å². The molecule has 1 aromatic carbocycles. The topological polar surface area (TPSA) is 130 Å². The molecule has 0 saturated heterocycles. The predicted molar refractivity (Wildman–Crippen MR) is 71.7 cm³/mol. The molecule has 9 heteroatoms. The summed E-state index contributed by atoms with van der Waals surface area (Å²) in [6, 6.07) is 4.92. The molecule has 0 fully saturated rings. The molecule has 1 rings (SSSR count). The van der Waals surface area contributed by atoms with Crippen LogP contribution in [0.3, 0.4) is 0 Å². The van der Waals surface area contributed by atoms with Crippen molar-refractivity contribution in [2.45, 2.75) is 11.3 Å². The van der Waals surface area contributed by atoms with Crippen molar-refractivity contribution >= 4 is 27.7 Å².